The first-order chi connectivity index (χ1) is 6.45. The van der Waals surface area contributed by atoms with Gasteiger partial charge in [-0.25, -0.2) is 4.79 Å². The molecule has 1 N–H and O–H groups in total. The third-order valence-electron chi connectivity index (χ3n) is 1.70. The Morgan fingerprint density at radius 1 is 1.86 bits per heavy atom. The van der Waals surface area contributed by atoms with E-state index in [4.69, 9.17) is 11.6 Å². The van der Waals surface area contributed by atoms with E-state index >= 15 is 0 Å². The van der Waals surface area contributed by atoms with Crippen LogP contribution in [-0.2, 0) is 16.1 Å². The van der Waals surface area contributed by atoms with Crippen molar-refractivity contribution < 1.29 is 14.6 Å². The highest BCUT2D eigenvalue weighted by molar-refractivity contribution is 6.30. The number of hydrogen-bond acceptors (Lipinski definition) is 4. The molecule has 78 valence electrons. The molecule has 0 spiro atoms. The number of aliphatic hydroxyl groups is 1. The van der Waals surface area contributed by atoms with E-state index in [1.165, 1.54) is 31.1 Å². The van der Waals surface area contributed by atoms with E-state index < -0.39 is 11.6 Å². The van der Waals surface area contributed by atoms with Crippen LogP contribution in [0.1, 0.15) is 6.92 Å². The summed E-state index contributed by atoms with van der Waals surface area (Å²) in [6, 6.07) is 0. The Hall–Kier alpha value is -1.07. The fourth-order valence-electron chi connectivity index (χ4n) is 1.02. The maximum atomic E-state index is 11.1. The minimum Gasteiger partial charge on any atom is -0.467 e. The molecule has 1 aromatic heterocycles. The van der Waals surface area contributed by atoms with Crippen LogP contribution in [0.25, 0.3) is 0 Å². The van der Waals surface area contributed by atoms with Gasteiger partial charge in [0.25, 0.3) is 0 Å². The molecule has 0 aromatic carbocycles. The maximum absolute atomic E-state index is 11.1. The van der Waals surface area contributed by atoms with Crippen molar-refractivity contribution in [2.75, 3.05) is 7.11 Å². The Morgan fingerprint density at radius 2 is 2.50 bits per heavy atom. The summed E-state index contributed by atoms with van der Waals surface area (Å²) in [6.07, 6.45) is 2.94. The summed E-state index contributed by atoms with van der Waals surface area (Å²) >= 11 is 5.62. The van der Waals surface area contributed by atoms with Crippen LogP contribution in [0.3, 0.4) is 0 Å². The van der Waals surface area contributed by atoms with Gasteiger partial charge in [0.2, 0.25) is 0 Å². The largest absolute Gasteiger partial charge is 0.467 e. The number of esters is 1. The molecular weight excluding hydrogens is 208 g/mol. The van der Waals surface area contributed by atoms with Gasteiger partial charge in [-0.1, -0.05) is 11.6 Å². The number of nitrogens with zero attached hydrogens (tertiary/aromatic N) is 2. The van der Waals surface area contributed by atoms with Gasteiger partial charge in [0, 0.05) is 6.20 Å². The van der Waals surface area contributed by atoms with Gasteiger partial charge >= 0.3 is 5.97 Å². The van der Waals surface area contributed by atoms with Crippen LogP contribution in [0.15, 0.2) is 12.4 Å². The quantitative estimate of drug-likeness (QED) is 0.749. The number of carbonyl (C=O) groups is 1. The molecule has 1 atom stereocenters. The molecule has 5 nitrogen and oxygen atoms in total. The van der Waals surface area contributed by atoms with Gasteiger partial charge in [0.15, 0.2) is 5.60 Å². The van der Waals surface area contributed by atoms with Gasteiger partial charge in [0.1, 0.15) is 0 Å². The van der Waals surface area contributed by atoms with Crippen molar-refractivity contribution >= 4 is 17.6 Å². The summed E-state index contributed by atoms with van der Waals surface area (Å²) in [7, 11) is 1.22. The predicted molar refractivity (Wildman–Crippen MR) is 49.9 cm³/mol. The molecule has 1 rings (SSSR count). The van der Waals surface area contributed by atoms with Gasteiger partial charge in [-0.2, -0.15) is 5.10 Å². The Balaban J connectivity index is 2.72. The van der Waals surface area contributed by atoms with Crippen molar-refractivity contribution in [3.05, 3.63) is 17.4 Å². The van der Waals surface area contributed by atoms with E-state index in [1.54, 1.807) is 0 Å². The molecule has 0 aliphatic carbocycles. The van der Waals surface area contributed by atoms with Crippen molar-refractivity contribution in [3.63, 3.8) is 0 Å². The fraction of sp³-hybridized carbons (Fsp3) is 0.500. The standard InChI is InChI=1S/C8H11ClN2O3/c1-8(13,7(12)14-2)5-11-4-6(9)3-10-11/h3-4,13H,5H2,1-2H3. The minimum atomic E-state index is -1.59. The summed E-state index contributed by atoms with van der Waals surface area (Å²) in [5, 5.41) is 14.0. The van der Waals surface area contributed by atoms with E-state index in [2.05, 4.69) is 9.84 Å². The van der Waals surface area contributed by atoms with Gasteiger partial charge in [0.05, 0.1) is 24.9 Å². The summed E-state index contributed by atoms with van der Waals surface area (Å²) in [4.78, 5) is 11.1. The molecule has 0 aliphatic rings. The van der Waals surface area contributed by atoms with Crippen molar-refractivity contribution in [3.8, 4) is 0 Å². The molecule has 1 aromatic rings. The molecule has 0 amide bonds. The number of ether oxygens (including phenoxy) is 1. The van der Waals surface area contributed by atoms with Gasteiger partial charge in [-0.05, 0) is 6.92 Å². The van der Waals surface area contributed by atoms with E-state index in [1.807, 2.05) is 0 Å². The monoisotopic (exact) mass is 218 g/mol. The lowest BCUT2D eigenvalue weighted by Crippen LogP contribution is -2.40. The third-order valence-corrected chi connectivity index (χ3v) is 1.89. The van der Waals surface area contributed by atoms with Crippen LogP contribution in [-0.4, -0.2) is 33.6 Å². The van der Waals surface area contributed by atoms with Crippen LogP contribution in [0.2, 0.25) is 5.02 Å². The summed E-state index contributed by atoms with van der Waals surface area (Å²) in [5.41, 5.74) is -1.59. The predicted octanol–water partition coefficient (Wildman–Crippen LogP) is 0.460. The zero-order valence-corrected chi connectivity index (χ0v) is 8.65. The Bertz CT molecular complexity index is 335. The first-order valence-electron chi connectivity index (χ1n) is 3.94. The normalized spacial score (nSPS) is 14.9. The zero-order valence-electron chi connectivity index (χ0n) is 7.90. The smallest absolute Gasteiger partial charge is 0.339 e. The van der Waals surface area contributed by atoms with Gasteiger partial charge in [-0.3, -0.25) is 4.68 Å². The van der Waals surface area contributed by atoms with Crippen LogP contribution < -0.4 is 0 Å². The van der Waals surface area contributed by atoms with Crippen molar-refractivity contribution in [1.29, 1.82) is 0 Å². The Kier molecular flexibility index (Phi) is 3.13. The molecule has 1 heterocycles. The SMILES string of the molecule is COC(=O)C(C)(O)Cn1cc(Cl)cn1. The number of carbonyl (C=O) groups excluding carboxylic acids is 1. The van der Waals surface area contributed by atoms with Crippen LogP contribution in [0, 0.1) is 0 Å². The second-order valence-corrected chi connectivity index (χ2v) is 3.56. The minimum absolute atomic E-state index is 0.00634. The van der Waals surface area contributed by atoms with E-state index in [9.17, 15) is 9.90 Å². The van der Waals surface area contributed by atoms with Crippen molar-refractivity contribution in [2.24, 2.45) is 0 Å². The molecule has 0 fully saturated rings. The highest BCUT2D eigenvalue weighted by Gasteiger charge is 2.32. The van der Waals surface area contributed by atoms with Gasteiger partial charge < -0.3 is 9.84 Å². The highest BCUT2D eigenvalue weighted by atomic mass is 35.5. The molecular formula is C8H11ClN2O3. The molecule has 0 saturated carbocycles. The molecule has 6 heteroatoms. The lowest BCUT2D eigenvalue weighted by molar-refractivity contribution is -0.162. The highest BCUT2D eigenvalue weighted by Crippen LogP contribution is 2.11. The Labute approximate surface area is 86.2 Å². The molecule has 0 saturated heterocycles. The summed E-state index contributed by atoms with van der Waals surface area (Å²) < 4.78 is 5.81. The van der Waals surface area contributed by atoms with E-state index in [-0.39, 0.29) is 6.54 Å². The maximum Gasteiger partial charge on any atom is 0.339 e. The first kappa shape index (κ1) is 11.0. The second-order valence-electron chi connectivity index (χ2n) is 3.12. The molecule has 1 unspecified atom stereocenters. The molecule has 0 aliphatic heterocycles. The molecule has 14 heavy (non-hydrogen) atoms. The number of methoxy groups -OCH3 is 1. The third kappa shape index (κ3) is 2.46. The van der Waals surface area contributed by atoms with Crippen molar-refractivity contribution in [1.82, 2.24) is 9.78 Å². The topological polar surface area (TPSA) is 64.3 Å². The van der Waals surface area contributed by atoms with Crippen LogP contribution in [0.4, 0.5) is 0 Å². The second kappa shape index (κ2) is 3.98. The zero-order chi connectivity index (χ0) is 10.8. The fourth-order valence-corrected chi connectivity index (χ4v) is 1.18. The number of rotatable bonds is 3. The number of aromatic nitrogens is 2. The van der Waals surface area contributed by atoms with Gasteiger partial charge in [-0.15, -0.1) is 0 Å². The van der Waals surface area contributed by atoms with Crippen molar-refractivity contribution in [2.45, 2.75) is 19.1 Å². The average Bonchev–Trinajstić information content (AvgIpc) is 2.48. The van der Waals surface area contributed by atoms with Crippen LogP contribution >= 0.6 is 11.6 Å². The molecule has 0 bridgehead atoms. The van der Waals surface area contributed by atoms with E-state index in [0.29, 0.717) is 5.02 Å². The average molecular weight is 219 g/mol. The Morgan fingerprint density at radius 3 is 2.93 bits per heavy atom. The molecule has 0 radical (unpaired) electrons. The summed E-state index contributed by atoms with van der Waals surface area (Å²) in [6.45, 7) is 1.36. The number of halogens is 1. The lowest BCUT2D eigenvalue weighted by Gasteiger charge is -2.19. The number of hydrogen-bond donors (Lipinski definition) is 1. The first-order valence-corrected chi connectivity index (χ1v) is 4.32. The van der Waals surface area contributed by atoms with Crippen LogP contribution in [0.5, 0.6) is 0 Å². The lowest BCUT2D eigenvalue weighted by atomic mass is 10.1. The van der Waals surface area contributed by atoms with E-state index in [0.717, 1.165) is 0 Å². The summed E-state index contributed by atoms with van der Waals surface area (Å²) in [5.74, 6) is -0.705.